The summed E-state index contributed by atoms with van der Waals surface area (Å²) < 4.78 is 5.20. The highest BCUT2D eigenvalue weighted by Crippen LogP contribution is 2.21. The molecule has 0 amide bonds. The second-order valence-electron chi connectivity index (χ2n) is 6.65. The van der Waals surface area contributed by atoms with Gasteiger partial charge >= 0.3 is 0 Å². The van der Waals surface area contributed by atoms with Gasteiger partial charge in [0.25, 0.3) is 0 Å². The van der Waals surface area contributed by atoms with E-state index in [0.717, 1.165) is 6.54 Å². The van der Waals surface area contributed by atoms with E-state index in [1.54, 1.807) is 36.4 Å². The molecular weight excluding hydrogens is 312 g/mol. The highest BCUT2D eigenvalue weighted by Gasteiger charge is 2.15. The lowest BCUT2D eigenvalue weighted by atomic mass is 10.1. The lowest BCUT2D eigenvalue weighted by Crippen LogP contribution is -3.11. The van der Waals surface area contributed by atoms with Crippen LogP contribution in [0.2, 0.25) is 0 Å². The van der Waals surface area contributed by atoms with Crippen molar-refractivity contribution in [1.82, 2.24) is 0 Å². The van der Waals surface area contributed by atoms with E-state index < -0.39 is 0 Å². The average Bonchev–Trinajstić information content (AvgIpc) is 2.65. The number of hydrogen-bond acceptors (Lipinski definition) is 3. The van der Waals surface area contributed by atoms with Crippen molar-refractivity contribution in [3.8, 4) is 11.5 Å². The molecular formula is C21H27N2O2+. The molecule has 2 aromatic carbocycles. The molecule has 0 saturated carbocycles. The number of nitrogens with one attached hydrogen (secondary N) is 1. The Labute approximate surface area is 149 Å². The minimum Gasteiger partial charge on any atom is -0.507 e. The molecule has 3 rings (SSSR count). The first-order valence-corrected chi connectivity index (χ1v) is 9.03. The van der Waals surface area contributed by atoms with Crippen LogP contribution in [0.3, 0.4) is 0 Å². The largest absolute Gasteiger partial charge is 0.507 e. The Morgan fingerprint density at radius 2 is 1.84 bits per heavy atom. The third kappa shape index (κ3) is 4.83. The standard InChI is InChI=1S/C21H26N2O2/c1-25-20-9-10-21(24)19(13-20)15-22-14-17-7-3-4-8-18(17)16-23-11-5-2-6-12-23/h3-4,7-10,13,15,24H,2,5-6,11-12,14,16H2,1H3/p+1. The van der Waals surface area contributed by atoms with Crippen LogP contribution in [0.5, 0.6) is 11.5 Å². The molecule has 1 fully saturated rings. The fourth-order valence-electron chi connectivity index (χ4n) is 3.39. The van der Waals surface area contributed by atoms with E-state index in [1.807, 2.05) is 0 Å². The van der Waals surface area contributed by atoms with Gasteiger partial charge in [0.1, 0.15) is 18.0 Å². The number of piperidine rings is 1. The summed E-state index contributed by atoms with van der Waals surface area (Å²) in [6.07, 6.45) is 5.78. The van der Waals surface area contributed by atoms with E-state index in [1.165, 1.54) is 43.5 Å². The number of aliphatic imine (C=N–C) groups is 1. The number of rotatable bonds is 6. The van der Waals surface area contributed by atoms with Crippen LogP contribution in [0.1, 0.15) is 36.0 Å². The van der Waals surface area contributed by atoms with Gasteiger partial charge in [-0.15, -0.1) is 0 Å². The van der Waals surface area contributed by atoms with Crippen LogP contribution in [0, 0.1) is 0 Å². The topological polar surface area (TPSA) is 46.3 Å². The third-order valence-electron chi connectivity index (χ3n) is 4.85. The quantitative estimate of drug-likeness (QED) is 0.795. The summed E-state index contributed by atoms with van der Waals surface area (Å²) in [5.74, 6) is 0.934. The van der Waals surface area contributed by atoms with Crippen LogP contribution < -0.4 is 9.64 Å². The van der Waals surface area contributed by atoms with Crippen LogP contribution >= 0.6 is 0 Å². The van der Waals surface area contributed by atoms with Crippen LogP contribution in [-0.2, 0) is 13.1 Å². The van der Waals surface area contributed by atoms with Crippen molar-refractivity contribution in [1.29, 1.82) is 0 Å². The molecule has 4 heteroatoms. The molecule has 1 saturated heterocycles. The molecule has 4 nitrogen and oxygen atoms in total. The van der Waals surface area contributed by atoms with E-state index in [4.69, 9.17) is 4.74 Å². The number of phenols is 1. The van der Waals surface area contributed by atoms with Crippen molar-refractivity contribution >= 4 is 6.21 Å². The third-order valence-corrected chi connectivity index (χ3v) is 4.85. The lowest BCUT2D eigenvalue weighted by Gasteiger charge is -2.24. The van der Waals surface area contributed by atoms with Crippen LogP contribution in [-0.4, -0.2) is 31.5 Å². The van der Waals surface area contributed by atoms with Gasteiger partial charge in [0.05, 0.1) is 26.7 Å². The summed E-state index contributed by atoms with van der Waals surface area (Å²) in [4.78, 5) is 6.23. The molecule has 0 aromatic heterocycles. The Morgan fingerprint density at radius 1 is 1.08 bits per heavy atom. The zero-order chi connectivity index (χ0) is 17.5. The predicted octanol–water partition coefficient (Wildman–Crippen LogP) is 2.59. The van der Waals surface area contributed by atoms with Gasteiger partial charge in [-0.1, -0.05) is 24.3 Å². The monoisotopic (exact) mass is 339 g/mol. The van der Waals surface area contributed by atoms with Gasteiger partial charge in [-0.05, 0) is 43.0 Å². The number of phenolic OH excluding ortho intramolecular Hbond substituents is 1. The van der Waals surface area contributed by atoms with Crippen LogP contribution in [0.4, 0.5) is 0 Å². The van der Waals surface area contributed by atoms with Crippen molar-refractivity contribution in [2.24, 2.45) is 4.99 Å². The fourth-order valence-corrected chi connectivity index (χ4v) is 3.39. The summed E-state index contributed by atoms with van der Waals surface area (Å²) in [7, 11) is 1.62. The molecule has 0 atom stereocenters. The SMILES string of the molecule is COc1ccc(O)c(C=NCc2ccccc2C[NH+]2CCCCC2)c1. The number of likely N-dealkylation sites (tertiary alicyclic amines) is 1. The Hall–Kier alpha value is -2.33. The molecule has 1 aliphatic rings. The lowest BCUT2D eigenvalue weighted by molar-refractivity contribution is -0.918. The Bertz CT molecular complexity index is 722. The first-order chi connectivity index (χ1) is 12.3. The summed E-state index contributed by atoms with van der Waals surface area (Å²) in [5.41, 5.74) is 3.32. The summed E-state index contributed by atoms with van der Waals surface area (Å²) >= 11 is 0. The maximum atomic E-state index is 9.95. The van der Waals surface area contributed by atoms with Crippen molar-refractivity contribution in [3.63, 3.8) is 0 Å². The van der Waals surface area contributed by atoms with E-state index >= 15 is 0 Å². The summed E-state index contributed by atoms with van der Waals surface area (Å²) in [6, 6.07) is 13.7. The van der Waals surface area contributed by atoms with E-state index in [2.05, 4.69) is 29.3 Å². The van der Waals surface area contributed by atoms with Crippen LogP contribution in [0.15, 0.2) is 47.5 Å². The normalized spacial score (nSPS) is 15.6. The molecule has 0 unspecified atom stereocenters. The van der Waals surface area contributed by atoms with Gasteiger partial charge in [0.2, 0.25) is 0 Å². The van der Waals surface area contributed by atoms with Gasteiger partial charge in [-0.2, -0.15) is 0 Å². The number of nitrogens with zero attached hydrogens (tertiary/aromatic N) is 1. The fraction of sp³-hybridized carbons (Fsp3) is 0.381. The Morgan fingerprint density at radius 3 is 2.60 bits per heavy atom. The average molecular weight is 339 g/mol. The van der Waals surface area contributed by atoms with Gasteiger partial charge in [-0.25, -0.2) is 0 Å². The number of hydrogen-bond donors (Lipinski definition) is 2. The molecule has 2 N–H and O–H groups in total. The molecule has 0 spiro atoms. The second-order valence-corrected chi connectivity index (χ2v) is 6.65. The predicted molar refractivity (Wildman–Crippen MR) is 101 cm³/mol. The Balaban J connectivity index is 1.68. The highest BCUT2D eigenvalue weighted by atomic mass is 16.5. The van der Waals surface area contributed by atoms with Gasteiger partial charge < -0.3 is 14.7 Å². The zero-order valence-electron chi connectivity index (χ0n) is 14.9. The Kier molecular flexibility index (Phi) is 6.07. The van der Waals surface area contributed by atoms with Crippen molar-refractivity contribution < 1.29 is 14.7 Å². The van der Waals surface area contributed by atoms with Gasteiger partial charge in [-0.3, -0.25) is 4.99 Å². The van der Waals surface area contributed by atoms with Crippen LogP contribution in [0.25, 0.3) is 0 Å². The van der Waals surface area contributed by atoms with E-state index in [-0.39, 0.29) is 5.75 Å². The highest BCUT2D eigenvalue weighted by molar-refractivity contribution is 5.84. The number of quaternary nitrogens is 1. The molecule has 1 heterocycles. The van der Waals surface area contributed by atoms with E-state index in [9.17, 15) is 5.11 Å². The number of aromatic hydroxyl groups is 1. The van der Waals surface area contributed by atoms with Crippen molar-refractivity contribution in [2.45, 2.75) is 32.4 Å². The molecule has 0 radical (unpaired) electrons. The molecule has 0 aliphatic carbocycles. The molecule has 0 bridgehead atoms. The molecule has 25 heavy (non-hydrogen) atoms. The zero-order valence-corrected chi connectivity index (χ0v) is 14.9. The summed E-state index contributed by atoms with van der Waals surface area (Å²) in [5, 5.41) is 9.95. The van der Waals surface area contributed by atoms with Gasteiger partial charge in [0.15, 0.2) is 0 Å². The molecule has 1 aliphatic heterocycles. The molecule has 2 aromatic rings. The number of benzene rings is 2. The minimum absolute atomic E-state index is 0.218. The van der Waals surface area contributed by atoms with Crippen molar-refractivity contribution in [3.05, 3.63) is 59.2 Å². The number of ether oxygens (including phenoxy) is 1. The smallest absolute Gasteiger partial charge is 0.124 e. The second kappa shape index (κ2) is 8.67. The summed E-state index contributed by atoms with van der Waals surface area (Å²) in [6.45, 7) is 4.25. The van der Waals surface area contributed by atoms with E-state index in [0.29, 0.717) is 17.9 Å². The minimum atomic E-state index is 0.218. The maximum Gasteiger partial charge on any atom is 0.124 e. The first kappa shape index (κ1) is 17.5. The maximum absolute atomic E-state index is 9.95. The number of methoxy groups -OCH3 is 1. The first-order valence-electron chi connectivity index (χ1n) is 9.03. The van der Waals surface area contributed by atoms with Gasteiger partial charge in [0, 0.05) is 17.3 Å². The molecule has 132 valence electrons. The van der Waals surface area contributed by atoms with Crippen molar-refractivity contribution in [2.75, 3.05) is 20.2 Å².